The van der Waals surface area contributed by atoms with Crippen LogP contribution in [0.3, 0.4) is 0 Å². The first-order valence-corrected chi connectivity index (χ1v) is 6.38. The smallest absolute Gasteiger partial charge is 0.189 e. The minimum absolute atomic E-state index is 0.311. The van der Waals surface area contributed by atoms with Gasteiger partial charge < -0.3 is 0 Å². The summed E-state index contributed by atoms with van der Waals surface area (Å²) in [5.74, 6) is 0.757. The third kappa shape index (κ3) is 4.05. The second kappa shape index (κ2) is 5.32. The van der Waals surface area contributed by atoms with Crippen LogP contribution in [0.1, 0.15) is 12.0 Å². The minimum atomic E-state index is -4.58. The Morgan fingerprint density at radius 1 is 1.27 bits per heavy atom. The molecule has 0 unspecified atom stereocenters. The highest BCUT2D eigenvalue weighted by molar-refractivity contribution is 7.86. The summed E-state index contributed by atoms with van der Waals surface area (Å²) < 4.78 is 33.5. The molecular formula is C10H11FO2S2. The van der Waals surface area contributed by atoms with E-state index in [4.69, 9.17) is 0 Å². The molecule has 1 aromatic carbocycles. The topological polar surface area (TPSA) is 34.1 Å². The normalized spacial score (nSPS) is 12.1. The predicted octanol–water partition coefficient (Wildman–Crippen LogP) is 2.68. The lowest BCUT2D eigenvalue weighted by Crippen LogP contribution is -1.90. The predicted molar refractivity (Wildman–Crippen MR) is 62.2 cm³/mol. The van der Waals surface area contributed by atoms with Crippen molar-refractivity contribution in [3.63, 3.8) is 0 Å². The van der Waals surface area contributed by atoms with Gasteiger partial charge in [-0.2, -0.15) is 21.0 Å². The van der Waals surface area contributed by atoms with Crippen molar-refractivity contribution in [2.75, 3.05) is 5.75 Å². The Kier molecular flexibility index (Phi) is 4.35. The van der Waals surface area contributed by atoms with E-state index >= 15 is 0 Å². The number of benzene rings is 1. The minimum Gasteiger partial charge on any atom is -0.189 e. The summed E-state index contributed by atoms with van der Waals surface area (Å²) >= 11 is 4.04. The van der Waals surface area contributed by atoms with Crippen molar-refractivity contribution in [3.8, 4) is 0 Å². The molecule has 1 rings (SSSR count). The summed E-state index contributed by atoms with van der Waals surface area (Å²) in [4.78, 5) is -0.311. The van der Waals surface area contributed by atoms with Crippen molar-refractivity contribution in [2.45, 2.75) is 11.3 Å². The summed E-state index contributed by atoms with van der Waals surface area (Å²) in [6.07, 6.45) is 4.60. The molecule has 0 atom stereocenters. The summed E-state index contributed by atoms with van der Waals surface area (Å²) in [6, 6.07) is 5.61. The Morgan fingerprint density at radius 3 is 2.33 bits per heavy atom. The van der Waals surface area contributed by atoms with Crippen molar-refractivity contribution < 1.29 is 12.3 Å². The Labute approximate surface area is 94.4 Å². The van der Waals surface area contributed by atoms with Crippen LogP contribution in [0.5, 0.6) is 0 Å². The quantitative estimate of drug-likeness (QED) is 0.654. The molecule has 0 fully saturated rings. The Balaban J connectivity index is 2.82. The van der Waals surface area contributed by atoms with E-state index < -0.39 is 10.2 Å². The number of hydrogen-bond donors (Lipinski definition) is 1. The van der Waals surface area contributed by atoms with Gasteiger partial charge in [0, 0.05) is 0 Å². The van der Waals surface area contributed by atoms with E-state index in [1.807, 2.05) is 12.2 Å². The van der Waals surface area contributed by atoms with E-state index in [0.29, 0.717) is 0 Å². The standard InChI is InChI=1S/C10H11FO2S2/c11-15(12,13)10-6-4-9(5-7-10)3-1-2-8-14/h1,3-7,14H,2,8H2. The van der Waals surface area contributed by atoms with E-state index in [9.17, 15) is 12.3 Å². The summed E-state index contributed by atoms with van der Waals surface area (Å²) in [5, 5.41) is 0. The van der Waals surface area contributed by atoms with Crippen LogP contribution in [0.4, 0.5) is 3.89 Å². The zero-order valence-electron chi connectivity index (χ0n) is 7.93. The second-order valence-electron chi connectivity index (χ2n) is 2.92. The highest BCUT2D eigenvalue weighted by Crippen LogP contribution is 2.13. The molecule has 0 spiro atoms. The van der Waals surface area contributed by atoms with E-state index in [2.05, 4.69) is 12.6 Å². The maximum atomic E-state index is 12.5. The molecule has 5 heteroatoms. The van der Waals surface area contributed by atoms with Gasteiger partial charge in [-0.15, -0.1) is 3.89 Å². The molecule has 0 aliphatic rings. The molecule has 0 aromatic heterocycles. The molecule has 15 heavy (non-hydrogen) atoms. The summed E-state index contributed by atoms with van der Waals surface area (Å²) in [5.41, 5.74) is 0.837. The monoisotopic (exact) mass is 246 g/mol. The molecule has 0 aliphatic heterocycles. The fourth-order valence-corrected chi connectivity index (χ4v) is 1.65. The first-order chi connectivity index (χ1) is 7.04. The third-order valence-electron chi connectivity index (χ3n) is 1.77. The fraction of sp³-hybridized carbons (Fsp3) is 0.200. The van der Waals surface area contributed by atoms with E-state index in [0.717, 1.165) is 17.7 Å². The Morgan fingerprint density at radius 2 is 1.87 bits per heavy atom. The fourth-order valence-electron chi connectivity index (χ4n) is 1.04. The molecule has 0 saturated heterocycles. The lowest BCUT2D eigenvalue weighted by atomic mass is 10.2. The van der Waals surface area contributed by atoms with Crippen molar-refractivity contribution >= 4 is 28.9 Å². The van der Waals surface area contributed by atoms with Crippen LogP contribution in [-0.4, -0.2) is 14.2 Å². The van der Waals surface area contributed by atoms with Gasteiger partial charge in [-0.1, -0.05) is 24.3 Å². The van der Waals surface area contributed by atoms with Crippen LogP contribution >= 0.6 is 12.6 Å². The van der Waals surface area contributed by atoms with Gasteiger partial charge >= 0.3 is 10.2 Å². The zero-order chi connectivity index (χ0) is 11.3. The maximum absolute atomic E-state index is 12.5. The maximum Gasteiger partial charge on any atom is 0.332 e. The number of allylic oxidation sites excluding steroid dienone is 1. The van der Waals surface area contributed by atoms with Crippen LogP contribution in [0.25, 0.3) is 6.08 Å². The number of rotatable bonds is 4. The van der Waals surface area contributed by atoms with Gasteiger partial charge in [0.2, 0.25) is 0 Å². The Hall–Kier alpha value is -0.810. The highest BCUT2D eigenvalue weighted by atomic mass is 32.3. The number of halogens is 1. The molecule has 0 amide bonds. The summed E-state index contributed by atoms with van der Waals surface area (Å²) in [6.45, 7) is 0. The van der Waals surface area contributed by atoms with E-state index in [-0.39, 0.29) is 4.90 Å². The lowest BCUT2D eigenvalue weighted by molar-refractivity contribution is 0.552. The Bertz CT molecular complexity index is 435. The SMILES string of the molecule is O=S(=O)(F)c1ccc(C=CCCS)cc1. The van der Waals surface area contributed by atoms with Gasteiger partial charge in [0.1, 0.15) is 0 Å². The van der Waals surface area contributed by atoms with Crippen molar-refractivity contribution in [2.24, 2.45) is 0 Å². The first-order valence-electron chi connectivity index (χ1n) is 4.36. The van der Waals surface area contributed by atoms with Crippen molar-refractivity contribution in [1.82, 2.24) is 0 Å². The van der Waals surface area contributed by atoms with Crippen LogP contribution in [0.2, 0.25) is 0 Å². The van der Waals surface area contributed by atoms with E-state index in [1.54, 1.807) is 12.1 Å². The van der Waals surface area contributed by atoms with Gasteiger partial charge in [-0.3, -0.25) is 0 Å². The molecule has 2 nitrogen and oxygen atoms in total. The van der Waals surface area contributed by atoms with Crippen molar-refractivity contribution in [3.05, 3.63) is 35.9 Å². The molecule has 0 bridgehead atoms. The average molecular weight is 246 g/mol. The van der Waals surface area contributed by atoms with Crippen LogP contribution in [-0.2, 0) is 10.2 Å². The number of hydrogen-bond acceptors (Lipinski definition) is 3. The molecule has 0 radical (unpaired) electrons. The molecule has 82 valence electrons. The zero-order valence-corrected chi connectivity index (χ0v) is 9.64. The molecule has 0 heterocycles. The first kappa shape index (κ1) is 12.3. The van der Waals surface area contributed by atoms with Gasteiger partial charge in [-0.05, 0) is 29.9 Å². The van der Waals surface area contributed by atoms with Gasteiger partial charge in [0.15, 0.2) is 0 Å². The molecule has 0 saturated carbocycles. The second-order valence-corrected chi connectivity index (χ2v) is 4.72. The van der Waals surface area contributed by atoms with Crippen LogP contribution in [0.15, 0.2) is 35.2 Å². The third-order valence-corrected chi connectivity index (χ3v) is 2.86. The summed E-state index contributed by atoms with van der Waals surface area (Å²) in [7, 11) is -4.58. The van der Waals surface area contributed by atoms with Crippen molar-refractivity contribution in [1.29, 1.82) is 0 Å². The lowest BCUT2D eigenvalue weighted by Gasteiger charge is -1.96. The largest absolute Gasteiger partial charge is 0.332 e. The molecular weight excluding hydrogens is 235 g/mol. The highest BCUT2D eigenvalue weighted by Gasteiger charge is 2.09. The average Bonchev–Trinajstić information content (AvgIpc) is 2.18. The van der Waals surface area contributed by atoms with Crippen LogP contribution in [0, 0.1) is 0 Å². The van der Waals surface area contributed by atoms with Gasteiger partial charge in [0.25, 0.3) is 0 Å². The number of thiol groups is 1. The molecule has 1 aromatic rings. The van der Waals surface area contributed by atoms with E-state index in [1.165, 1.54) is 12.1 Å². The molecule has 0 N–H and O–H groups in total. The van der Waals surface area contributed by atoms with Crippen LogP contribution < -0.4 is 0 Å². The molecule has 0 aliphatic carbocycles. The van der Waals surface area contributed by atoms with Gasteiger partial charge in [-0.25, -0.2) is 0 Å². The van der Waals surface area contributed by atoms with Gasteiger partial charge in [0.05, 0.1) is 4.90 Å².